The smallest absolute Gasteiger partial charge is 0.316 e. The van der Waals surface area contributed by atoms with E-state index in [2.05, 4.69) is 0 Å². The van der Waals surface area contributed by atoms with E-state index in [1.54, 1.807) is 12.1 Å². The number of halogens is 4. The summed E-state index contributed by atoms with van der Waals surface area (Å²) in [5, 5.41) is 17.4. The summed E-state index contributed by atoms with van der Waals surface area (Å²) in [6, 6.07) is 4.59. The first-order valence-electron chi connectivity index (χ1n) is 4.17. The van der Waals surface area contributed by atoms with Crippen molar-refractivity contribution in [3.63, 3.8) is 0 Å². The average molecular weight is 262 g/mol. The summed E-state index contributed by atoms with van der Waals surface area (Å²) < 4.78 is 37.1. The van der Waals surface area contributed by atoms with E-state index in [1.807, 2.05) is 0 Å². The van der Waals surface area contributed by atoms with E-state index >= 15 is 0 Å². The third kappa shape index (κ3) is 3.10. The molecular weight excluding hydrogens is 255 g/mol. The summed E-state index contributed by atoms with van der Waals surface area (Å²) >= 11 is 0. The van der Waals surface area contributed by atoms with Gasteiger partial charge in [-0.2, -0.15) is 23.7 Å². The largest absolute Gasteiger partial charge is 0.407 e. The van der Waals surface area contributed by atoms with E-state index in [-0.39, 0.29) is 29.1 Å². The minimum absolute atomic E-state index is 0. The molecule has 3 nitrogen and oxygen atoms in total. The third-order valence-electron chi connectivity index (χ3n) is 2.02. The van der Waals surface area contributed by atoms with Gasteiger partial charge in [0.1, 0.15) is 18.2 Å². The van der Waals surface area contributed by atoms with Crippen molar-refractivity contribution in [2.75, 3.05) is 0 Å². The molecule has 1 aromatic rings. The van der Waals surface area contributed by atoms with Crippen LogP contribution in [0.2, 0.25) is 0 Å². The molecule has 7 heteroatoms. The van der Waals surface area contributed by atoms with E-state index in [0.717, 1.165) is 6.07 Å². The standard InChI is InChI=1S/C10H6F3N3.ClH/c11-10(12,13)9(16)7-3-1-2-6(4-14)8(7)5-15;/h1-3,9H,16H2;1H/t9-;/m1./s1. The second-order valence-electron chi connectivity index (χ2n) is 3.01. The van der Waals surface area contributed by atoms with Gasteiger partial charge in [-0.05, 0) is 11.6 Å². The van der Waals surface area contributed by atoms with E-state index in [0.29, 0.717) is 0 Å². The number of benzene rings is 1. The van der Waals surface area contributed by atoms with Crippen LogP contribution in [0.1, 0.15) is 22.7 Å². The van der Waals surface area contributed by atoms with Crippen molar-refractivity contribution in [3.8, 4) is 12.1 Å². The number of nitrogens with two attached hydrogens (primary N) is 1. The maximum absolute atomic E-state index is 12.4. The van der Waals surface area contributed by atoms with Crippen molar-refractivity contribution in [2.45, 2.75) is 12.2 Å². The third-order valence-corrected chi connectivity index (χ3v) is 2.02. The van der Waals surface area contributed by atoms with E-state index in [4.69, 9.17) is 16.3 Å². The van der Waals surface area contributed by atoms with Gasteiger partial charge in [0.05, 0.1) is 11.1 Å². The van der Waals surface area contributed by atoms with Crippen LogP contribution in [0.5, 0.6) is 0 Å². The second-order valence-corrected chi connectivity index (χ2v) is 3.01. The van der Waals surface area contributed by atoms with Gasteiger partial charge in [0.15, 0.2) is 0 Å². The topological polar surface area (TPSA) is 73.6 Å². The van der Waals surface area contributed by atoms with Crippen LogP contribution in [-0.4, -0.2) is 6.18 Å². The van der Waals surface area contributed by atoms with Gasteiger partial charge < -0.3 is 5.73 Å². The molecule has 0 unspecified atom stereocenters. The highest BCUT2D eigenvalue weighted by atomic mass is 35.5. The predicted octanol–water partition coefficient (Wildman–Crippen LogP) is 2.41. The van der Waals surface area contributed by atoms with Crippen LogP contribution in [0.15, 0.2) is 18.2 Å². The lowest BCUT2D eigenvalue weighted by molar-refractivity contribution is -0.149. The Labute approximate surface area is 102 Å². The monoisotopic (exact) mass is 261 g/mol. The van der Waals surface area contributed by atoms with Crippen molar-refractivity contribution >= 4 is 12.4 Å². The van der Waals surface area contributed by atoms with E-state index < -0.39 is 12.2 Å². The molecule has 0 radical (unpaired) electrons. The Morgan fingerprint density at radius 1 is 1.18 bits per heavy atom. The molecule has 1 aromatic carbocycles. The fraction of sp³-hybridized carbons (Fsp3) is 0.200. The van der Waals surface area contributed by atoms with Crippen LogP contribution < -0.4 is 5.73 Å². The molecule has 90 valence electrons. The summed E-state index contributed by atoms with van der Waals surface area (Å²) in [6.45, 7) is 0. The molecule has 0 aliphatic carbocycles. The summed E-state index contributed by atoms with van der Waals surface area (Å²) in [6.07, 6.45) is -4.64. The molecule has 2 N–H and O–H groups in total. The van der Waals surface area contributed by atoms with Gasteiger partial charge >= 0.3 is 6.18 Å². The highest BCUT2D eigenvalue weighted by Crippen LogP contribution is 2.32. The van der Waals surface area contributed by atoms with Gasteiger partial charge in [0, 0.05) is 0 Å². The van der Waals surface area contributed by atoms with Gasteiger partial charge in [0.25, 0.3) is 0 Å². The number of hydrogen-bond acceptors (Lipinski definition) is 3. The van der Waals surface area contributed by atoms with Gasteiger partial charge in [-0.15, -0.1) is 12.4 Å². The fourth-order valence-corrected chi connectivity index (χ4v) is 1.22. The van der Waals surface area contributed by atoms with Gasteiger partial charge in [-0.25, -0.2) is 0 Å². The molecule has 0 aromatic heterocycles. The van der Waals surface area contributed by atoms with Crippen molar-refractivity contribution in [3.05, 3.63) is 34.9 Å². The molecule has 0 aliphatic rings. The highest BCUT2D eigenvalue weighted by molar-refractivity contribution is 5.85. The van der Waals surface area contributed by atoms with Crippen LogP contribution in [-0.2, 0) is 0 Å². The lowest BCUT2D eigenvalue weighted by Crippen LogP contribution is -2.29. The molecule has 0 bridgehead atoms. The molecule has 0 spiro atoms. The highest BCUT2D eigenvalue weighted by Gasteiger charge is 2.39. The Kier molecular flexibility index (Phi) is 4.96. The van der Waals surface area contributed by atoms with Gasteiger partial charge in [-0.1, -0.05) is 12.1 Å². The summed E-state index contributed by atoms with van der Waals surface area (Å²) in [5.41, 5.74) is 4.17. The lowest BCUT2D eigenvalue weighted by atomic mass is 9.97. The molecule has 0 heterocycles. The quantitative estimate of drug-likeness (QED) is 0.844. The SMILES string of the molecule is Cl.N#Cc1cccc([C@@H](N)C(F)(F)F)c1C#N. The van der Waals surface area contributed by atoms with Crippen molar-refractivity contribution in [1.82, 2.24) is 0 Å². The number of hydrogen-bond donors (Lipinski definition) is 1. The van der Waals surface area contributed by atoms with Crippen molar-refractivity contribution < 1.29 is 13.2 Å². The molecule has 0 saturated heterocycles. The van der Waals surface area contributed by atoms with Crippen LogP contribution in [0.4, 0.5) is 13.2 Å². The molecule has 0 amide bonds. The minimum Gasteiger partial charge on any atom is -0.316 e. The van der Waals surface area contributed by atoms with E-state index in [9.17, 15) is 13.2 Å². The zero-order valence-electron chi connectivity index (χ0n) is 8.32. The first-order valence-corrected chi connectivity index (χ1v) is 4.17. The zero-order valence-corrected chi connectivity index (χ0v) is 9.14. The average Bonchev–Trinajstić information content (AvgIpc) is 2.25. The zero-order chi connectivity index (χ0) is 12.3. The molecule has 0 fully saturated rings. The Morgan fingerprint density at radius 3 is 2.18 bits per heavy atom. The number of alkyl halides is 3. The molecule has 0 saturated carbocycles. The summed E-state index contributed by atoms with van der Waals surface area (Å²) in [5.74, 6) is 0. The van der Waals surface area contributed by atoms with Crippen molar-refractivity contribution in [1.29, 1.82) is 10.5 Å². The maximum atomic E-state index is 12.4. The second kappa shape index (κ2) is 5.53. The van der Waals surface area contributed by atoms with Crippen molar-refractivity contribution in [2.24, 2.45) is 5.73 Å². The normalized spacial score (nSPS) is 11.9. The molecule has 1 rings (SSSR count). The Bertz CT molecular complexity index is 485. The van der Waals surface area contributed by atoms with Crippen LogP contribution in [0.25, 0.3) is 0 Å². The summed E-state index contributed by atoms with van der Waals surface area (Å²) in [4.78, 5) is 0. The van der Waals surface area contributed by atoms with E-state index in [1.165, 1.54) is 12.1 Å². The molecular formula is C10H7ClF3N3. The maximum Gasteiger partial charge on any atom is 0.407 e. The van der Waals surface area contributed by atoms with Gasteiger partial charge in [0.2, 0.25) is 0 Å². The van der Waals surface area contributed by atoms with Crippen LogP contribution in [0, 0.1) is 22.7 Å². The number of nitrogens with zero attached hydrogens (tertiary/aromatic N) is 2. The Hall–Kier alpha value is -1.76. The molecule has 17 heavy (non-hydrogen) atoms. The number of nitriles is 2. The van der Waals surface area contributed by atoms with Gasteiger partial charge in [-0.3, -0.25) is 0 Å². The molecule has 0 aliphatic heterocycles. The van der Waals surface area contributed by atoms with Crippen LogP contribution in [0.3, 0.4) is 0 Å². The van der Waals surface area contributed by atoms with Crippen LogP contribution >= 0.6 is 12.4 Å². The predicted molar refractivity (Wildman–Crippen MR) is 56.1 cm³/mol. The minimum atomic E-state index is -4.64. The Morgan fingerprint density at radius 2 is 1.76 bits per heavy atom. The lowest BCUT2D eigenvalue weighted by Gasteiger charge is -2.17. The fourth-order valence-electron chi connectivity index (χ4n) is 1.22. The molecule has 1 atom stereocenters. The first-order chi connectivity index (χ1) is 7.41. The Balaban J connectivity index is 0.00000256. The first kappa shape index (κ1) is 15.2. The number of rotatable bonds is 1. The summed E-state index contributed by atoms with van der Waals surface area (Å²) in [7, 11) is 0.